The van der Waals surface area contributed by atoms with Crippen molar-refractivity contribution in [2.45, 2.75) is 45.2 Å². The molecule has 0 radical (unpaired) electrons. The van der Waals surface area contributed by atoms with E-state index in [1.807, 2.05) is 44.2 Å². The maximum Gasteiger partial charge on any atom is 0.273 e. The second-order valence-electron chi connectivity index (χ2n) is 11.2. The van der Waals surface area contributed by atoms with Crippen LogP contribution in [0.2, 0.25) is 0 Å². The van der Waals surface area contributed by atoms with E-state index in [-0.39, 0.29) is 73.0 Å². The zero-order chi connectivity index (χ0) is 30.3. The maximum atomic E-state index is 13.5. The monoisotopic (exact) mass is 643 g/mol. The predicted molar refractivity (Wildman–Crippen MR) is 166 cm³/mol. The van der Waals surface area contributed by atoms with Crippen LogP contribution in [0.25, 0.3) is 0 Å². The van der Waals surface area contributed by atoms with Crippen LogP contribution in [-0.4, -0.2) is 71.2 Å². The summed E-state index contributed by atoms with van der Waals surface area (Å²) in [5, 5.41) is 14.3. The van der Waals surface area contributed by atoms with Crippen LogP contribution >= 0.6 is 23.7 Å². The standard InChI is InChI=1S/C30H37N7O5S.ClH/c1-18(2)25-29-35-23(17-43-29)27(40)33-21(13-19-7-4-3-5-8-19)28-34-22(16-42-28)26(39)32-11-12-37(15-24(38)36-25)30(41)20-9-6-10-31-14-20;/h3-5,7-8,16-18,20-21,25,31H,6,9-15H2,1-2H3,(H,32,39)(H,33,40)(H,36,38);1H/t20-,21+,25+;/m1./s1. The number of rotatable bonds is 4. The molecule has 5 rings (SSSR count). The number of carbonyl (C=O) groups excluding carboxylic acids is 4. The molecule has 14 heteroatoms. The fourth-order valence-electron chi connectivity index (χ4n) is 5.26. The van der Waals surface area contributed by atoms with Gasteiger partial charge in [-0.2, -0.15) is 0 Å². The fourth-order valence-corrected chi connectivity index (χ4v) is 6.28. The highest BCUT2D eigenvalue weighted by Gasteiger charge is 2.30. The third-order valence-corrected chi connectivity index (χ3v) is 8.53. The summed E-state index contributed by atoms with van der Waals surface area (Å²) in [6, 6.07) is 8.44. The Bertz CT molecular complexity index is 1440. The molecule has 3 atom stereocenters. The first-order valence-electron chi connectivity index (χ1n) is 14.6. The first-order chi connectivity index (χ1) is 20.8. The van der Waals surface area contributed by atoms with Gasteiger partial charge < -0.3 is 30.6 Å². The molecule has 0 saturated carbocycles. The average molecular weight is 644 g/mol. The summed E-state index contributed by atoms with van der Waals surface area (Å²) in [5.41, 5.74) is 1.19. The molecule has 1 aromatic carbocycles. The normalized spacial score (nSPS) is 21.8. The number of halogens is 1. The van der Waals surface area contributed by atoms with Crippen molar-refractivity contribution in [2.75, 3.05) is 32.7 Å². The molecule has 3 aromatic rings. The minimum absolute atomic E-state index is 0. The second kappa shape index (κ2) is 15.3. The molecular formula is C30H38ClN7O5S. The Labute approximate surface area is 266 Å². The number of aromatic nitrogens is 2. The molecule has 0 unspecified atom stereocenters. The Morgan fingerprint density at radius 1 is 1.07 bits per heavy atom. The zero-order valence-electron chi connectivity index (χ0n) is 24.7. The lowest BCUT2D eigenvalue weighted by Gasteiger charge is -2.30. The number of hydrogen-bond acceptors (Lipinski definition) is 9. The van der Waals surface area contributed by atoms with Gasteiger partial charge in [-0.15, -0.1) is 23.7 Å². The molecule has 4 amide bonds. The minimum Gasteiger partial charge on any atom is -0.446 e. The molecule has 44 heavy (non-hydrogen) atoms. The van der Waals surface area contributed by atoms with Crippen molar-refractivity contribution < 1.29 is 23.6 Å². The van der Waals surface area contributed by atoms with Crippen molar-refractivity contribution in [3.8, 4) is 0 Å². The lowest BCUT2D eigenvalue weighted by atomic mass is 9.98. The van der Waals surface area contributed by atoms with E-state index < -0.39 is 23.9 Å². The molecule has 12 nitrogen and oxygen atoms in total. The number of carbonyl (C=O) groups is 4. The molecule has 1 saturated heterocycles. The fraction of sp³-hybridized carbons (Fsp3) is 0.467. The van der Waals surface area contributed by atoms with Crippen molar-refractivity contribution in [3.63, 3.8) is 0 Å². The van der Waals surface area contributed by atoms with Gasteiger partial charge in [0.05, 0.1) is 18.5 Å². The minimum atomic E-state index is -0.668. The number of piperidine rings is 1. The Balaban J connectivity index is 0.00000442. The summed E-state index contributed by atoms with van der Waals surface area (Å²) in [5.74, 6) is -1.47. The van der Waals surface area contributed by atoms with E-state index in [9.17, 15) is 19.2 Å². The van der Waals surface area contributed by atoms with E-state index in [1.54, 1.807) is 5.38 Å². The van der Waals surface area contributed by atoms with E-state index in [4.69, 9.17) is 4.42 Å². The summed E-state index contributed by atoms with van der Waals surface area (Å²) >= 11 is 1.29. The highest BCUT2D eigenvalue weighted by Crippen LogP contribution is 2.26. The smallest absolute Gasteiger partial charge is 0.273 e. The molecule has 2 aliphatic heterocycles. The van der Waals surface area contributed by atoms with E-state index in [0.717, 1.165) is 24.9 Å². The van der Waals surface area contributed by atoms with Crippen LogP contribution in [0.4, 0.5) is 0 Å². The first kappa shape index (κ1) is 33.1. The predicted octanol–water partition coefficient (Wildman–Crippen LogP) is 2.65. The van der Waals surface area contributed by atoms with Crippen molar-refractivity contribution >= 4 is 47.4 Å². The van der Waals surface area contributed by atoms with Crippen molar-refractivity contribution in [1.29, 1.82) is 0 Å². The van der Waals surface area contributed by atoms with Crippen LogP contribution in [0.3, 0.4) is 0 Å². The van der Waals surface area contributed by atoms with Crippen LogP contribution < -0.4 is 21.3 Å². The Morgan fingerprint density at radius 2 is 1.86 bits per heavy atom. The highest BCUT2D eigenvalue weighted by atomic mass is 35.5. The lowest BCUT2D eigenvalue weighted by Crippen LogP contribution is -2.49. The zero-order valence-corrected chi connectivity index (χ0v) is 26.3. The SMILES string of the molecule is CC(C)[C@@H]1NC(=O)CN(C(=O)[C@@H]2CCCNC2)CCNC(=O)c2coc(n2)[C@H](Cc2ccccc2)NC(=O)c2csc1n2.Cl. The van der Waals surface area contributed by atoms with Crippen LogP contribution in [0, 0.1) is 11.8 Å². The quantitative estimate of drug-likeness (QED) is 0.338. The number of nitrogens with one attached hydrogen (secondary N) is 4. The molecule has 4 N–H and O–H groups in total. The van der Waals surface area contributed by atoms with Gasteiger partial charge in [0.2, 0.25) is 17.7 Å². The van der Waals surface area contributed by atoms with Gasteiger partial charge in [-0.1, -0.05) is 44.2 Å². The molecule has 1 fully saturated rings. The first-order valence-corrected chi connectivity index (χ1v) is 15.5. The van der Waals surface area contributed by atoms with Gasteiger partial charge in [0.1, 0.15) is 23.0 Å². The van der Waals surface area contributed by atoms with Crippen LogP contribution in [0.1, 0.15) is 76.2 Å². The van der Waals surface area contributed by atoms with Crippen molar-refractivity contribution in [1.82, 2.24) is 36.1 Å². The number of nitrogens with zero attached hydrogens (tertiary/aromatic N) is 3. The number of hydrogen-bond donors (Lipinski definition) is 4. The van der Waals surface area contributed by atoms with Gasteiger partial charge in [0.15, 0.2) is 5.69 Å². The van der Waals surface area contributed by atoms with E-state index in [2.05, 4.69) is 31.2 Å². The van der Waals surface area contributed by atoms with Gasteiger partial charge in [-0.05, 0) is 30.9 Å². The summed E-state index contributed by atoms with van der Waals surface area (Å²) < 4.78 is 5.69. The average Bonchev–Trinajstić information content (AvgIpc) is 3.70. The molecule has 2 aliphatic rings. The largest absolute Gasteiger partial charge is 0.446 e. The van der Waals surface area contributed by atoms with Crippen LogP contribution in [0.5, 0.6) is 0 Å². The summed E-state index contributed by atoms with van der Waals surface area (Å²) in [7, 11) is 0. The Kier molecular flexibility index (Phi) is 11.5. The third-order valence-electron chi connectivity index (χ3n) is 7.60. The van der Waals surface area contributed by atoms with Gasteiger partial charge >= 0.3 is 0 Å². The topological polar surface area (TPSA) is 159 Å². The van der Waals surface area contributed by atoms with Gasteiger partial charge in [-0.25, -0.2) is 9.97 Å². The number of fused-ring (bicyclic) bond motifs is 4. The van der Waals surface area contributed by atoms with Gasteiger partial charge in [-0.3, -0.25) is 19.2 Å². The summed E-state index contributed by atoms with van der Waals surface area (Å²) in [4.78, 5) is 63.6. The summed E-state index contributed by atoms with van der Waals surface area (Å²) in [6.45, 7) is 5.43. The molecule has 0 spiro atoms. The maximum absolute atomic E-state index is 13.5. The second-order valence-corrected chi connectivity index (χ2v) is 12.1. The number of oxazole rings is 1. The molecule has 2 aromatic heterocycles. The van der Waals surface area contributed by atoms with Gasteiger partial charge in [0.25, 0.3) is 11.8 Å². The Morgan fingerprint density at radius 3 is 2.59 bits per heavy atom. The molecule has 4 bridgehead atoms. The number of benzene rings is 1. The van der Waals surface area contributed by atoms with E-state index in [1.165, 1.54) is 22.5 Å². The molecule has 236 valence electrons. The number of thiazole rings is 1. The van der Waals surface area contributed by atoms with Gasteiger partial charge in [0, 0.05) is 31.4 Å². The lowest BCUT2D eigenvalue weighted by molar-refractivity contribution is -0.140. The van der Waals surface area contributed by atoms with Crippen molar-refractivity contribution in [2.24, 2.45) is 11.8 Å². The van der Waals surface area contributed by atoms with E-state index >= 15 is 0 Å². The highest BCUT2D eigenvalue weighted by molar-refractivity contribution is 7.09. The van der Waals surface area contributed by atoms with Crippen molar-refractivity contribution in [3.05, 3.63) is 69.8 Å². The molecule has 4 heterocycles. The van der Waals surface area contributed by atoms with E-state index in [0.29, 0.717) is 18.0 Å². The van der Waals surface area contributed by atoms with Crippen LogP contribution in [-0.2, 0) is 16.0 Å². The summed E-state index contributed by atoms with van der Waals surface area (Å²) in [6.07, 6.45) is 3.24. The number of amides is 4. The third kappa shape index (κ3) is 8.21. The molecule has 0 aliphatic carbocycles. The molecular weight excluding hydrogens is 606 g/mol. The Hall–Kier alpha value is -3.81. The van der Waals surface area contributed by atoms with Crippen LogP contribution in [0.15, 0.2) is 46.4 Å².